The Morgan fingerprint density at radius 3 is 2.77 bits per heavy atom. The van der Waals surface area contributed by atoms with E-state index < -0.39 is 23.3 Å². The summed E-state index contributed by atoms with van der Waals surface area (Å²) in [6.45, 7) is 7.76. The molecular formula is C16H24O6. The van der Waals surface area contributed by atoms with E-state index in [1.807, 2.05) is 0 Å². The van der Waals surface area contributed by atoms with Crippen molar-refractivity contribution in [1.29, 1.82) is 0 Å². The Bertz CT molecular complexity index is 434. The zero-order chi connectivity index (χ0) is 16.2. The molecule has 0 radical (unpaired) electrons. The molecule has 6 nitrogen and oxygen atoms in total. The van der Waals surface area contributed by atoms with Crippen LogP contribution >= 0.6 is 0 Å². The molecule has 0 bridgehead atoms. The van der Waals surface area contributed by atoms with Crippen LogP contribution in [0.15, 0.2) is 12.7 Å². The summed E-state index contributed by atoms with van der Waals surface area (Å²) >= 11 is 0. The van der Waals surface area contributed by atoms with E-state index in [4.69, 9.17) is 18.9 Å². The molecular weight excluding hydrogens is 288 g/mol. The van der Waals surface area contributed by atoms with Gasteiger partial charge in [-0.1, -0.05) is 12.7 Å². The number of hydrogen-bond acceptors (Lipinski definition) is 6. The Morgan fingerprint density at radius 2 is 2.09 bits per heavy atom. The summed E-state index contributed by atoms with van der Waals surface area (Å²) in [6, 6.07) is 0. The molecule has 124 valence electrons. The molecule has 0 aromatic heterocycles. The van der Waals surface area contributed by atoms with Gasteiger partial charge >= 0.3 is 11.9 Å². The van der Waals surface area contributed by atoms with Gasteiger partial charge in [0.2, 0.25) is 0 Å². The third-order valence-corrected chi connectivity index (χ3v) is 4.41. The zero-order valence-corrected chi connectivity index (χ0v) is 13.3. The Hall–Kier alpha value is -1.40. The zero-order valence-electron chi connectivity index (χ0n) is 13.3. The number of fused-ring (bicyclic) bond motifs is 1. The average molecular weight is 312 g/mol. The molecule has 0 N–H and O–H groups in total. The van der Waals surface area contributed by atoms with Crippen LogP contribution < -0.4 is 0 Å². The van der Waals surface area contributed by atoms with Crippen molar-refractivity contribution in [3.63, 3.8) is 0 Å². The topological polar surface area (TPSA) is 71.1 Å². The van der Waals surface area contributed by atoms with Crippen LogP contribution in [0.5, 0.6) is 0 Å². The van der Waals surface area contributed by atoms with Crippen LogP contribution in [0.3, 0.4) is 0 Å². The molecule has 1 saturated carbocycles. The first kappa shape index (κ1) is 17.0. The largest absolute Gasteiger partial charge is 0.464 e. The van der Waals surface area contributed by atoms with Crippen molar-refractivity contribution in [2.75, 3.05) is 19.8 Å². The average Bonchev–Trinajstić information content (AvgIpc) is 3.00. The summed E-state index contributed by atoms with van der Waals surface area (Å²) in [5.74, 6) is -1.87. The lowest BCUT2D eigenvalue weighted by Crippen LogP contribution is -2.51. The summed E-state index contributed by atoms with van der Waals surface area (Å²) in [7, 11) is 0. The highest BCUT2D eigenvalue weighted by Crippen LogP contribution is 2.57. The van der Waals surface area contributed by atoms with E-state index in [1.54, 1.807) is 13.8 Å². The lowest BCUT2D eigenvalue weighted by Gasteiger charge is -2.38. The molecule has 1 aliphatic carbocycles. The van der Waals surface area contributed by atoms with Crippen molar-refractivity contribution in [1.82, 2.24) is 0 Å². The molecule has 2 unspecified atom stereocenters. The van der Waals surface area contributed by atoms with Crippen LogP contribution in [0.4, 0.5) is 0 Å². The van der Waals surface area contributed by atoms with Crippen LogP contribution in [0.1, 0.15) is 39.5 Å². The van der Waals surface area contributed by atoms with Gasteiger partial charge in [0.05, 0.1) is 13.2 Å². The number of carbonyl (C=O) groups excluding carboxylic acids is 2. The smallest absolute Gasteiger partial charge is 0.335 e. The van der Waals surface area contributed by atoms with Gasteiger partial charge in [-0.25, -0.2) is 4.79 Å². The first-order valence-electron chi connectivity index (χ1n) is 7.78. The first-order valence-corrected chi connectivity index (χ1v) is 7.78. The van der Waals surface area contributed by atoms with Crippen LogP contribution in [-0.4, -0.2) is 43.7 Å². The van der Waals surface area contributed by atoms with Crippen LogP contribution in [-0.2, 0) is 28.5 Å². The molecule has 6 heteroatoms. The fourth-order valence-electron chi connectivity index (χ4n) is 3.40. The van der Waals surface area contributed by atoms with Gasteiger partial charge in [0.1, 0.15) is 12.0 Å². The molecule has 22 heavy (non-hydrogen) atoms. The molecule has 2 fully saturated rings. The van der Waals surface area contributed by atoms with E-state index in [1.165, 1.54) is 6.08 Å². The van der Waals surface area contributed by atoms with E-state index >= 15 is 0 Å². The summed E-state index contributed by atoms with van der Waals surface area (Å²) in [4.78, 5) is 24.4. The molecule has 1 heterocycles. The molecule has 3 atom stereocenters. The normalized spacial score (nSPS) is 31.4. The monoisotopic (exact) mass is 312 g/mol. The van der Waals surface area contributed by atoms with E-state index in [9.17, 15) is 9.59 Å². The first-order chi connectivity index (χ1) is 10.5. The Balaban J connectivity index is 2.17. The van der Waals surface area contributed by atoms with Gasteiger partial charge in [0.25, 0.3) is 0 Å². The SMILES string of the molecule is C=CCOC(=O)C12CCC[C@]1(OC(C)C(=O)OCC)OCC2. The highest BCUT2D eigenvalue weighted by molar-refractivity contribution is 5.79. The number of esters is 2. The minimum absolute atomic E-state index is 0.157. The van der Waals surface area contributed by atoms with Gasteiger partial charge in [0, 0.05) is 6.42 Å². The van der Waals surface area contributed by atoms with Crippen LogP contribution in [0.2, 0.25) is 0 Å². The second kappa shape index (κ2) is 6.79. The van der Waals surface area contributed by atoms with Crippen molar-refractivity contribution in [3.05, 3.63) is 12.7 Å². The van der Waals surface area contributed by atoms with Gasteiger partial charge in [0.15, 0.2) is 11.9 Å². The minimum atomic E-state index is -1.09. The molecule has 0 aromatic rings. The lowest BCUT2D eigenvalue weighted by atomic mass is 9.80. The van der Waals surface area contributed by atoms with Crippen molar-refractivity contribution in [2.24, 2.45) is 5.41 Å². The predicted octanol–water partition coefficient (Wildman–Crippen LogP) is 1.97. The molecule has 0 aromatic carbocycles. The summed E-state index contributed by atoms with van der Waals surface area (Å²) in [6.07, 6.45) is 3.28. The summed E-state index contributed by atoms with van der Waals surface area (Å²) < 4.78 is 22.0. The quantitative estimate of drug-likeness (QED) is 0.529. The second-order valence-electron chi connectivity index (χ2n) is 5.69. The maximum absolute atomic E-state index is 12.5. The Morgan fingerprint density at radius 1 is 1.32 bits per heavy atom. The van der Waals surface area contributed by atoms with Crippen molar-refractivity contribution < 1.29 is 28.5 Å². The van der Waals surface area contributed by atoms with Crippen molar-refractivity contribution in [3.8, 4) is 0 Å². The number of hydrogen-bond donors (Lipinski definition) is 0. The number of rotatable bonds is 7. The number of ether oxygens (including phenoxy) is 4. The third-order valence-electron chi connectivity index (χ3n) is 4.41. The third kappa shape index (κ3) is 2.77. The van der Waals surface area contributed by atoms with Crippen molar-refractivity contribution >= 4 is 11.9 Å². The molecule has 0 amide bonds. The van der Waals surface area contributed by atoms with Crippen LogP contribution in [0, 0.1) is 5.41 Å². The second-order valence-corrected chi connectivity index (χ2v) is 5.69. The molecule has 0 spiro atoms. The van der Waals surface area contributed by atoms with Gasteiger partial charge < -0.3 is 18.9 Å². The fourth-order valence-corrected chi connectivity index (χ4v) is 3.40. The highest BCUT2D eigenvalue weighted by atomic mass is 16.7. The van der Waals surface area contributed by atoms with E-state index in [2.05, 4.69) is 6.58 Å². The Labute approximate surface area is 130 Å². The number of carbonyl (C=O) groups is 2. The van der Waals surface area contributed by atoms with Gasteiger partial charge in [-0.05, 0) is 33.1 Å². The minimum Gasteiger partial charge on any atom is -0.464 e. The molecule has 1 saturated heterocycles. The summed E-state index contributed by atoms with van der Waals surface area (Å²) in [5, 5.41) is 0. The standard InChI is InChI=1S/C16H24O6/c1-4-10-20-14(18)15-7-6-8-16(15,21-11-9-15)22-12(3)13(17)19-5-2/h4,12H,1,5-11H2,2-3H3/t12?,15?,16-/m1/s1. The maximum atomic E-state index is 12.5. The Kier molecular flexibility index (Phi) is 5.24. The van der Waals surface area contributed by atoms with Gasteiger partial charge in [-0.3, -0.25) is 4.79 Å². The highest BCUT2D eigenvalue weighted by Gasteiger charge is 2.66. The van der Waals surface area contributed by atoms with E-state index in [0.717, 1.165) is 6.42 Å². The maximum Gasteiger partial charge on any atom is 0.335 e. The molecule has 2 aliphatic rings. The fraction of sp³-hybridized carbons (Fsp3) is 0.750. The molecule has 1 aliphatic heterocycles. The van der Waals surface area contributed by atoms with Crippen molar-refractivity contribution in [2.45, 2.75) is 51.4 Å². The van der Waals surface area contributed by atoms with Gasteiger partial charge in [-0.2, -0.15) is 0 Å². The van der Waals surface area contributed by atoms with Gasteiger partial charge in [-0.15, -0.1) is 0 Å². The molecule has 2 rings (SSSR count). The van der Waals surface area contributed by atoms with E-state index in [0.29, 0.717) is 25.9 Å². The lowest BCUT2D eigenvalue weighted by molar-refractivity contribution is -0.267. The van der Waals surface area contributed by atoms with Crippen LogP contribution in [0.25, 0.3) is 0 Å². The van der Waals surface area contributed by atoms with E-state index in [-0.39, 0.29) is 19.2 Å². The predicted molar refractivity (Wildman–Crippen MR) is 77.9 cm³/mol. The summed E-state index contributed by atoms with van der Waals surface area (Å²) in [5.41, 5.74) is -0.837.